The van der Waals surface area contributed by atoms with Crippen LogP contribution >= 0.6 is 27.5 Å². The summed E-state index contributed by atoms with van der Waals surface area (Å²) in [7, 11) is 0. The highest BCUT2D eigenvalue weighted by atomic mass is 79.9. The lowest BCUT2D eigenvalue weighted by Gasteiger charge is -2.06. The lowest BCUT2D eigenvalue weighted by Crippen LogP contribution is -2.44. The molecule has 80 valence electrons. The van der Waals surface area contributed by atoms with Crippen molar-refractivity contribution in [1.29, 1.82) is 0 Å². The molecule has 1 aromatic carbocycles. The van der Waals surface area contributed by atoms with Gasteiger partial charge < -0.3 is 5.73 Å². The third-order valence-corrected chi connectivity index (χ3v) is 2.37. The molecule has 0 bridgehead atoms. The van der Waals surface area contributed by atoms with Crippen molar-refractivity contribution in [3.63, 3.8) is 0 Å². The van der Waals surface area contributed by atoms with E-state index in [0.717, 1.165) is 0 Å². The Morgan fingerprint density at radius 3 is 2.53 bits per heavy atom. The molecule has 0 radical (unpaired) electrons. The van der Waals surface area contributed by atoms with Crippen LogP contribution in [0, 0.1) is 0 Å². The molecular weight excluding hydrogens is 285 g/mol. The number of carbonyl (C=O) groups excluding carboxylic acids is 2. The number of hydrazine groups is 1. The Bertz CT molecular complexity index is 411. The van der Waals surface area contributed by atoms with Gasteiger partial charge in [0.05, 0.1) is 5.56 Å². The number of hydrogen-bond acceptors (Lipinski definition) is 2. The lowest BCUT2D eigenvalue weighted by atomic mass is 10.2. The van der Waals surface area contributed by atoms with Crippen molar-refractivity contribution in [2.24, 2.45) is 5.73 Å². The third kappa shape index (κ3) is 3.41. The molecule has 1 aromatic rings. The van der Waals surface area contributed by atoms with Crippen molar-refractivity contribution in [3.05, 3.63) is 33.3 Å². The number of halogens is 2. The molecule has 0 aliphatic heterocycles. The van der Waals surface area contributed by atoms with E-state index in [1.165, 1.54) is 6.07 Å². The lowest BCUT2D eigenvalue weighted by molar-refractivity contribution is 0.0936. The molecule has 0 heterocycles. The Hall–Kier alpha value is -1.27. The summed E-state index contributed by atoms with van der Waals surface area (Å²) in [6.45, 7) is 0. The van der Waals surface area contributed by atoms with Crippen molar-refractivity contribution >= 4 is 39.5 Å². The van der Waals surface area contributed by atoms with Crippen LogP contribution in [0.1, 0.15) is 10.4 Å². The minimum absolute atomic E-state index is 0.341. The number of urea groups is 1. The molecule has 0 saturated heterocycles. The van der Waals surface area contributed by atoms with Crippen LogP contribution in [0.5, 0.6) is 0 Å². The number of primary amides is 1. The van der Waals surface area contributed by atoms with Gasteiger partial charge in [0, 0.05) is 9.50 Å². The zero-order chi connectivity index (χ0) is 11.4. The van der Waals surface area contributed by atoms with Gasteiger partial charge >= 0.3 is 6.03 Å². The van der Waals surface area contributed by atoms with Gasteiger partial charge in [0.2, 0.25) is 0 Å². The molecule has 0 fully saturated rings. The quantitative estimate of drug-likeness (QED) is 0.684. The van der Waals surface area contributed by atoms with Gasteiger partial charge in [-0.15, -0.1) is 0 Å². The van der Waals surface area contributed by atoms with Crippen LogP contribution in [-0.2, 0) is 0 Å². The summed E-state index contributed by atoms with van der Waals surface area (Å²) in [6.07, 6.45) is 0. The van der Waals surface area contributed by atoms with Gasteiger partial charge in [0.25, 0.3) is 5.91 Å². The van der Waals surface area contributed by atoms with Gasteiger partial charge in [-0.1, -0.05) is 11.6 Å². The number of benzene rings is 1. The first-order chi connectivity index (χ1) is 7.00. The largest absolute Gasteiger partial charge is 0.350 e. The van der Waals surface area contributed by atoms with Crippen LogP contribution < -0.4 is 16.6 Å². The number of nitrogens with two attached hydrogens (primary N) is 1. The molecule has 0 aliphatic rings. The Morgan fingerprint density at radius 2 is 2.00 bits per heavy atom. The van der Waals surface area contributed by atoms with Crippen molar-refractivity contribution < 1.29 is 9.59 Å². The van der Waals surface area contributed by atoms with E-state index in [1.54, 1.807) is 12.1 Å². The molecule has 3 amide bonds. The Balaban J connectivity index is 2.78. The van der Waals surface area contributed by atoms with Crippen LogP contribution in [0.4, 0.5) is 4.79 Å². The molecule has 1 rings (SSSR count). The SMILES string of the molecule is NC(=O)NNC(=O)c1ccc(Cl)cc1Br. The number of carbonyl (C=O) groups is 2. The fourth-order valence-corrected chi connectivity index (χ4v) is 1.72. The second-order valence-electron chi connectivity index (χ2n) is 2.57. The molecule has 0 aromatic heterocycles. The second-order valence-corrected chi connectivity index (χ2v) is 3.86. The van der Waals surface area contributed by atoms with Crippen LogP contribution in [0.3, 0.4) is 0 Å². The number of rotatable bonds is 1. The molecular formula is C8H7BrClN3O2. The summed E-state index contributed by atoms with van der Waals surface area (Å²) in [5.74, 6) is -0.489. The molecule has 0 spiro atoms. The Kier molecular flexibility index (Phi) is 3.93. The van der Waals surface area contributed by atoms with Crippen molar-refractivity contribution in [1.82, 2.24) is 10.9 Å². The minimum atomic E-state index is -0.839. The van der Waals surface area contributed by atoms with E-state index in [4.69, 9.17) is 17.3 Å². The average molecular weight is 293 g/mol. The molecule has 15 heavy (non-hydrogen) atoms. The molecule has 4 N–H and O–H groups in total. The summed E-state index contributed by atoms with van der Waals surface area (Å²) >= 11 is 8.86. The van der Waals surface area contributed by atoms with Crippen molar-refractivity contribution in [2.75, 3.05) is 0 Å². The first-order valence-corrected chi connectivity index (χ1v) is 4.98. The fraction of sp³-hybridized carbons (Fsp3) is 0. The molecule has 0 atom stereocenters. The van der Waals surface area contributed by atoms with Crippen LogP contribution in [0.2, 0.25) is 5.02 Å². The summed E-state index contributed by atoms with van der Waals surface area (Å²) in [5.41, 5.74) is 9.22. The maximum atomic E-state index is 11.4. The molecule has 0 unspecified atom stereocenters. The fourth-order valence-electron chi connectivity index (χ4n) is 0.859. The van der Waals surface area contributed by atoms with E-state index >= 15 is 0 Å². The maximum absolute atomic E-state index is 11.4. The van der Waals surface area contributed by atoms with E-state index in [0.29, 0.717) is 15.1 Å². The van der Waals surface area contributed by atoms with Gasteiger partial charge in [-0.3, -0.25) is 10.2 Å². The van der Waals surface area contributed by atoms with E-state index in [-0.39, 0.29) is 0 Å². The molecule has 7 heteroatoms. The van der Waals surface area contributed by atoms with E-state index < -0.39 is 11.9 Å². The standard InChI is InChI=1S/C8H7BrClN3O2/c9-6-3-4(10)1-2-5(6)7(14)12-13-8(11)15/h1-3H,(H,12,14)(H3,11,13,15). The van der Waals surface area contributed by atoms with E-state index in [2.05, 4.69) is 21.4 Å². The van der Waals surface area contributed by atoms with Crippen LogP contribution in [-0.4, -0.2) is 11.9 Å². The monoisotopic (exact) mass is 291 g/mol. The summed E-state index contributed by atoms with van der Waals surface area (Å²) < 4.78 is 0.527. The van der Waals surface area contributed by atoms with Gasteiger partial charge in [-0.05, 0) is 34.1 Å². The van der Waals surface area contributed by atoms with Gasteiger partial charge in [-0.25, -0.2) is 10.2 Å². The predicted molar refractivity (Wildman–Crippen MR) is 59.3 cm³/mol. The number of amides is 3. The van der Waals surface area contributed by atoms with Gasteiger partial charge in [0.15, 0.2) is 0 Å². The van der Waals surface area contributed by atoms with Crippen molar-refractivity contribution in [2.45, 2.75) is 0 Å². The Morgan fingerprint density at radius 1 is 1.33 bits per heavy atom. The van der Waals surface area contributed by atoms with Gasteiger partial charge in [0.1, 0.15) is 0 Å². The van der Waals surface area contributed by atoms with Crippen molar-refractivity contribution in [3.8, 4) is 0 Å². The first kappa shape index (κ1) is 11.8. The molecule has 0 aliphatic carbocycles. The number of hydrogen-bond donors (Lipinski definition) is 3. The summed E-state index contributed by atoms with van der Waals surface area (Å²) in [4.78, 5) is 21.8. The van der Waals surface area contributed by atoms with Crippen LogP contribution in [0.25, 0.3) is 0 Å². The first-order valence-electron chi connectivity index (χ1n) is 3.81. The van der Waals surface area contributed by atoms with E-state index in [9.17, 15) is 9.59 Å². The smallest absolute Gasteiger partial charge is 0.330 e. The molecule has 0 saturated carbocycles. The summed E-state index contributed by atoms with van der Waals surface area (Å²) in [5, 5.41) is 0.501. The maximum Gasteiger partial charge on any atom is 0.330 e. The van der Waals surface area contributed by atoms with E-state index in [1.807, 2.05) is 5.43 Å². The minimum Gasteiger partial charge on any atom is -0.350 e. The predicted octanol–water partition coefficient (Wildman–Crippen LogP) is 1.42. The zero-order valence-electron chi connectivity index (χ0n) is 7.38. The normalized spacial score (nSPS) is 9.47. The average Bonchev–Trinajstić information content (AvgIpc) is 2.14. The highest BCUT2D eigenvalue weighted by Crippen LogP contribution is 2.21. The number of nitrogens with one attached hydrogen (secondary N) is 2. The summed E-state index contributed by atoms with van der Waals surface area (Å²) in [6, 6.07) is 3.81. The highest BCUT2D eigenvalue weighted by Gasteiger charge is 2.09. The zero-order valence-corrected chi connectivity index (χ0v) is 9.72. The topological polar surface area (TPSA) is 84.2 Å². The third-order valence-electron chi connectivity index (χ3n) is 1.47. The highest BCUT2D eigenvalue weighted by molar-refractivity contribution is 9.10. The van der Waals surface area contributed by atoms with Crippen LogP contribution in [0.15, 0.2) is 22.7 Å². The molecule has 5 nitrogen and oxygen atoms in total. The van der Waals surface area contributed by atoms with Gasteiger partial charge in [-0.2, -0.15) is 0 Å². The Labute approximate surface area is 99.1 Å². The second kappa shape index (κ2) is 4.99.